The van der Waals surface area contributed by atoms with Crippen molar-refractivity contribution < 1.29 is 14.3 Å². The fourth-order valence-corrected chi connectivity index (χ4v) is 3.30. The Hall–Kier alpha value is -2.50. The van der Waals surface area contributed by atoms with Crippen LogP contribution in [0.4, 0.5) is 9.18 Å². The molecule has 0 unspecified atom stereocenters. The first-order valence-corrected chi connectivity index (χ1v) is 8.23. The van der Waals surface area contributed by atoms with E-state index >= 15 is 0 Å². The van der Waals surface area contributed by atoms with E-state index in [1.807, 2.05) is 6.07 Å². The lowest BCUT2D eigenvalue weighted by molar-refractivity contribution is 0.213. The second-order valence-electron chi connectivity index (χ2n) is 5.39. The average Bonchev–Trinajstić information content (AvgIpc) is 3.21. The SMILES string of the molecule is N#Cc1ccc(-n2cc(CO)sc2=NC(=O)N2CC[C@@H](F)C2)cc1. The lowest BCUT2D eigenvalue weighted by Crippen LogP contribution is -2.28. The second kappa shape index (κ2) is 6.95. The monoisotopic (exact) mass is 346 g/mol. The highest BCUT2D eigenvalue weighted by molar-refractivity contribution is 7.09. The van der Waals surface area contributed by atoms with E-state index < -0.39 is 12.2 Å². The van der Waals surface area contributed by atoms with Crippen molar-refractivity contribution in [1.29, 1.82) is 5.26 Å². The summed E-state index contributed by atoms with van der Waals surface area (Å²) in [4.78, 5) is 18.7. The number of hydrogen-bond donors (Lipinski definition) is 1. The van der Waals surface area contributed by atoms with Crippen LogP contribution in [-0.4, -0.2) is 39.9 Å². The summed E-state index contributed by atoms with van der Waals surface area (Å²) in [7, 11) is 0. The largest absolute Gasteiger partial charge is 0.391 e. The molecule has 0 saturated carbocycles. The Morgan fingerprint density at radius 3 is 2.79 bits per heavy atom. The number of urea groups is 1. The van der Waals surface area contributed by atoms with E-state index in [-0.39, 0.29) is 13.2 Å². The van der Waals surface area contributed by atoms with Gasteiger partial charge in [0, 0.05) is 18.4 Å². The zero-order valence-corrected chi connectivity index (χ0v) is 13.5. The van der Waals surface area contributed by atoms with E-state index in [0.29, 0.717) is 28.2 Å². The summed E-state index contributed by atoms with van der Waals surface area (Å²) in [6.07, 6.45) is 1.04. The number of hydrogen-bond acceptors (Lipinski definition) is 4. The van der Waals surface area contributed by atoms with Crippen molar-refractivity contribution in [2.24, 2.45) is 4.99 Å². The first-order chi connectivity index (χ1) is 11.6. The zero-order chi connectivity index (χ0) is 17.1. The van der Waals surface area contributed by atoms with Crippen molar-refractivity contribution in [3.63, 3.8) is 0 Å². The minimum atomic E-state index is -0.994. The molecule has 24 heavy (non-hydrogen) atoms. The smallest absolute Gasteiger partial charge is 0.346 e. The van der Waals surface area contributed by atoms with Crippen LogP contribution in [-0.2, 0) is 6.61 Å². The normalized spacial score (nSPS) is 18.0. The van der Waals surface area contributed by atoms with Gasteiger partial charge in [-0.3, -0.25) is 4.57 Å². The van der Waals surface area contributed by atoms with Crippen LogP contribution in [0.25, 0.3) is 5.69 Å². The van der Waals surface area contributed by atoms with Gasteiger partial charge in [0.1, 0.15) is 6.17 Å². The van der Waals surface area contributed by atoms with E-state index in [4.69, 9.17) is 5.26 Å². The van der Waals surface area contributed by atoms with Crippen molar-refractivity contribution in [1.82, 2.24) is 9.47 Å². The molecule has 2 aromatic rings. The van der Waals surface area contributed by atoms with Gasteiger partial charge in [-0.25, -0.2) is 9.18 Å². The van der Waals surface area contributed by atoms with E-state index in [2.05, 4.69) is 4.99 Å². The number of carbonyl (C=O) groups is 1. The molecule has 2 amide bonds. The summed E-state index contributed by atoms with van der Waals surface area (Å²) in [6, 6.07) is 8.37. The fourth-order valence-electron chi connectivity index (χ4n) is 2.47. The van der Waals surface area contributed by atoms with Crippen LogP contribution in [0.1, 0.15) is 16.9 Å². The van der Waals surface area contributed by atoms with E-state index in [0.717, 1.165) is 5.69 Å². The quantitative estimate of drug-likeness (QED) is 0.902. The van der Waals surface area contributed by atoms with Gasteiger partial charge in [0.15, 0.2) is 4.80 Å². The molecule has 1 fully saturated rings. The van der Waals surface area contributed by atoms with Crippen LogP contribution in [0.3, 0.4) is 0 Å². The van der Waals surface area contributed by atoms with Gasteiger partial charge in [-0.2, -0.15) is 10.3 Å². The minimum absolute atomic E-state index is 0.0669. The molecular formula is C16H15FN4O2S. The Morgan fingerprint density at radius 1 is 1.46 bits per heavy atom. The van der Waals surface area contributed by atoms with Gasteiger partial charge in [-0.05, 0) is 30.7 Å². The van der Waals surface area contributed by atoms with Crippen LogP contribution in [0, 0.1) is 11.3 Å². The molecule has 1 aliphatic heterocycles. The van der Waals surface area contributed by atoms with Gasteiger partial charge in [0.25, 0.3) is 0 Å². The Balaban J connectivity index is 1.98. The van der Waals surface area contributed by atoms with Gasteiger partial charge in [0.05, 0.1) is 29.7 Å². The Labute approximate surface area is 141 Å². The summed E-state index contributed by atoms with van der Waals surface area (Å²) >= 11 is 1.19. The van der Waals surface area contributed by atoms with Crippen molar-refractivity contribution >= 4 is 17.4 Å². The standard InChI is InChI=1S/C16H15FN4O2S/c17-12-5-6-20(8-12)15(23)19-16-21(9-14(10-22)24-16)13-3-1-11(7-18)2-4-13/h1-4,9,12,22H,5-6,8,10H2/t12-/m1/s1. The van der Waals surface area contributed by atoms with Crippen LogP contribution < -0.4 is 4.80 Å². The number of rotatable bonds is 2. The number of aliphatic hydroxyl groups excluding tert-OH is 1. The lowest BCUT2D eigenvalue weighted by atomic mass is 10.2. The highest BCUT2D eigenvalue weighted by atomic mass is 32.1. The first-order valence-electron chi connectivity index (χ1n) is 7.41. The summed E-state index contributed by atoms with van der Waals surface area (Å²) in [5, 5.41) is 18.2. The number of carbonyl (C=O) groups excluding carboxylic acids is 1. The van der Waals surface area contributed by atoms with Crippen molar-refractivity contribution in [3.8, 4) is 11.8 Å². The highest BCUT2D eigenvalue weighted by Gasteiger charge is 2.25. The first kappa shape index (κ1) is 16.4. The zero-order valence-electron chi connectivity index (χ0n) is 12.7. The summed E-state index contributed by atoms with van der Waals surface area (Å²) < 4.78 is 14.9. The molecule has 1 saturated heterocycles. The summed E-state index contributed by atoms with van der Waals surface area (Å²) in [6.45, 7) is 0.261. The minimum Gasteiger partial charge on any atom is -0.391 e. The van der Waals surface area contributed by atoms with Gasteiger partial charge >= 0.3 is 6.03 Å². The third kappa shape index (κ3) is 3.37. The molecule has 1 aliphatic rings. The molecule has 1 aromatic heterocycles. The van der Waals surface area contributed by atoms with Crippen LogP contribution >= 0.6 is 11.3 Å². The second-order valence-corrected chi connectivity index (χ2v) is 6.49. The number of nitrogens with zero attached hydrogens (tertiary/aromatic N) is 4. The molecule has 8 heteroatoms. The van der Waals surface area contributed by atoms with E-state index in [1.165, 1.54) is 16.2 Å². The summed E-state index contributed by atoms with van der Waals surface area (Å²) in [5.41, 5.74) is 1.25. The fraction of sp³-hybridized carbons (Fsp3) is 0.312. The van der Waals surface area contributed by atoms with Crippen LogP contribution in [0.5, 0.6) is 0 Å². The molecule has 6 nitrogen and oxygen atoms in total. The maximum Gasteiger partial charge on any atom is 0.346 e. The number of likely N-dealkylation sites (tertiary alicyclic amines) is 1. The number of aromatic nitrogens is 1. The number of thiazole rings is 1. The third-order valence-corrected chi connectivity index (χ3v) is 4.69. The van der Waals surface area contributed by atoms with Crippen molar-refractivity contribution in [2.75, 3.05) is 13.1 Å². The number of alkyl halides is 1. The molecule has 0 bridgehead atoms. The van der Waals surface area contributed by atoms with Crippen molar-refractivity contribution in [3.05, 3.63) is 45.7 Å². The van der Waals surface area contributed by atoms with Crippen molar-refractivity contribution in [2.45, 2.75) is 19.2 Å². The van der Waals surface area contributed by atoms with Gasteiger partial charge in [0.2, 0.25) is 0 Å². The number of benzene rings is 1. The molecule has 1 atom stereocenters. The molecule has 1 aromatic carbocycles. The predicted octanol–water partition coefficient (Wildman–Crippen LogP) is 1.97. The topological polar surface area (TPSA) is 81.6 Å². The van der Waals surface area contributed by atoms with E-state index in [1.54, 1.807) is 35.0 Å². The highest BCUT2D eigenvalue weighted by Crippen LogP contribution is 2.15. The third-order valence-electron chi connectivity index (χ3n) is 3.72. The maximum absolute atomic E-state index is 13.2. The van der Waals surface area contributed by atoms with Gasteiger partial charge in [-0.1, -0.05) is 11.3 Å². The number of amides is 2. The van der Waals surface area contributed by atoms with Crippen LogP contribution in [0.2, 0.25) is 0 Å². The molecule has 1 N–H and O–H groups in total. The molecule has 0 spiro atoms. The molecule has 3 rings (SSSR count). The van der Waals surface area contributed by atoms with Crippen LogP contribution in [0.15, 0.2) is 35.5 Å². The van der Waals surface area contributed by atoms with Gasteiger partial charge < -0.3 is 10.0 Å². The number of halogens is 1. The Bertz CT molecular complexity index is 850. The Kier molecular flexibility index (Phi) is 4.74. The summed E-state index contributed by atoms with van der Waals surface area (Å²) in [5.74, 6) is 0. The lowest BCUT2D eigenvalue weighted by Gasteiger charge is -2.10. The number of aliphatic hydroxyl groups is 1. The molecule has 0 aliphatic carbocycles. The molecule has 0 radical (unpaired) electrons. The Morgan fingerprint density at radius 2 is 2.21 bits per heavy atom. The number of nitriles is 1. The van der Waals surface area contributed by atoms with E-state index in [9.17, 15) is 14.3 Å². The molecular weight excluding hydrogens is 331 g/mol. The van der Waals surface area contributed by atoms with Gasteiger partial charge in [-0.15, -0.1) is 0 Å². The molecule has 2 heterocycles. The maximum atomic E-state index is 13.2. The molecule has 124 valence electrons. The predicted molar refractivity (Wildman–Crippen MR) is 86.3 cm³/mol. The average molecular weight is 346 g/mol.